The Morgan fingerprint density at radius 2 is 1.83 bits per heavy atom. The van der Waals surface area contributed by atoms with E-state index in [2.05, 4.69) is 15.4 Å². The topological polar surface area (TPSA) is 123 Å². The highest BCUT2D eigenvalue weighted by atomic mass is 16.6. The maximum atomic E-state index is 12.4. The molecule has 0 aliphatic carbocycles. The molecule has 148 valence electrons. The van der Waals surface area contributed by atoms with Crippen molar-refractivity contribution in [1.29, 1.82) is 0 Å². The highest BCUT2D eigenvalue weighted by Crippen LogP contribution is 2.23. The fourth-order valence-electron chi connectivity index (χ4n) is 2.65. The van der Waals surface area contributed by atoms with Gasteiger partial charge in [0.05, 0.1) is 4.92 Å². The second-order valence-electron chi connectivity index (χ2n) is 6.38. The molecule has 3 rings (SSSR count). The number of nitro groups is 1. The van der Waals surface area contributed by atoms with Crippen molar-refractivity contribution in [2.24, 2.45) is 0 Å². The van der Waals surface area contributed by atoms with Crippen molar-refractivity contribution < 1.29 is 14.5 Å². The Labute approximate surface area is 165 Å². The van der Waals surface area contributed by atoms with Gasteiger partial charge in [-0.05, 0) is 29.8 Å². The van der Waals surface area contributed by atoms with Crippen LogP contribution in [0.3, 0.4) is 0 Å². The zero-order valence-corrected chi connectivity index (χ0v) is 15.8. The van der Waals surface area contributed by atoms with E-state index in [1.807, 2.05) is 0 Å². The quantitative estimate of drug-likeness (QED) is 0.502. The largest absolute Gasteiger partial charge is 0.348 e. The van der Waals surface area contributed by atoms with Crippen LogP contribution >= 0.6 is 0 Å². The Hall–Kier alpha value is -4.08. The van der Waals surface area contributed by atoms with Crippen molar-refractivity contribution in [3.05, 3.63) is 81.9 Å². The zero-order chi connectivity index (χ0) is 21.0. The standard InChI is InChI=1S/C19H18N6O4/c1-23(2)19(27)14-5-3-13(4-6-14)10-21-18(26)15-7-8-16(17(9-15)25(28)29)24-12-20-11-22-24/h3-9,11-12H,10H2,1-2H3,(H,21,26). The lowest BCUT2D eigenvalue weighted by atomic mass is 10.1. The van der Waals surface area contributed by atoms with Gasteiger partial charge in [0.2, 0.25) is 0 Å². The minimum atomic E-state index is -0.575. The monoisotopic (exact) mass is 394 g/mol. The fourth-order valence-corrected chi connectivity index (χ4v) is 2.65. The van der Waals surface area contributed by atoms with Crippen LogP contribution < -0.4 is 5.32 Å². The number of amides is 2. The van der Waals surface area contributed by atoms with Gasteiger partial charge in [0, 0.05) is 37.8 Å². The van der Waals surface area contributed by atoms with Crippen molar-refractivity contribution in [1.82, 2.24) is 25.0 Å². The van der Waals surface area contributed by atoms with Crippen molar-refractivity contribution in [2.45, 2.75) is 6.54 Å². The average Bonchev–Trinajstić information content (AvgIpc) is 3.26. The lowest BCUT2D eigenvalue weighted by Crippen LogP contribution is -2.23. The second-order valence-corrected chi connectivity index (χ2v) is 6.38. The molecule has 1 heterocycles. The van der Waals surface area contributed by atoms with Crippen LogP contribution in [0.25, 0.3) is 5.69 Å². The smallest absolute Gasteiger partial charge is 0.295 e. The maximum Gasteiger partial charge on any atom is 0.295 e. The van der Waals surface area contributed by atoms with E-state index in [1.165, 1.54) is 40.4 Å². The van der Waals surface area contributed by atoms with E-state index in [1.54, 1.807) is 38.4 Å². The van der Waals surface area contributed by atoms with E-state index in [0.717, 1.165) is 5.56 Å². The molecule has 0 bridgehead atoms. The summed E-state index contributed by atoms with van der Waals surface area (Å²) in [5.74, 6) is -0.563. The van der Waals surface area contributed by atoms with Gasteiger partial charge in [0.15, 0.2) is 0 Å². The van der Waals surface area contributed by atoms with E-state index in [-0.39, 0.29) is 29.4 Å². The molecule has 10 nitrogen and oxygen atoms in total. The van der Waals surface area contributed by atoms with Crippen LogP contribution in [0.15, 0.2) is 55.1 Å². The normalized spacial score (nSPS) is 10.4. The van der Waals surface area contributed by atoms with Crippen molar-refractivity contribution >= 4 is 17.5 Å². The molecule has 0 radical (unpaired) electrons. The molecule has 0 fully saturated rings. The van der Waals surface area contributed by atoms with Gasteiger partial charge in [-0.25, -0.2) is 9.67 Å². The molecule has 0 aliphatic heterocycles. The van der Waals surface area contributed by atoms with Gasteiger partial charge in [-0.1, -0.05) is 12.1 Å². The number of nitrogens with zero attached hydrogens (tertiary/aromatic N) is 5. The molecule has 0 saturated heterocycles. The third-order valence-electron chi connectivity index (χ3n) is 4.16. The summed E-state index contributed by atoms with van der Waals surface area (Å²) in [5, 5.41) is 18.0. The lowest BCUT2D eigenvalue weighted by Gasteiger charge is -2.11. The minimum Gasteiger partial charge on any atom is -0.348 e. The van der Waals surface area contributed by atoms with Crippen molar-refractivity contribution in [3.63, 3.8) is 0 Å². The van der Waals surface area contributed by atoms with E-state index in [4.69, 9.17) is 0 Å². The summed E-state index contributed by atoms with van der Waals surface area (Å²) < 4.78 is 1.26. The number of benzene rings is 2. The number of carbonyl (C=O) groups excluding carboxylic acids is 2. The number of rotatable bonds is 6. The first kappa shape index (κ1) is 19.7. The van der Waals surface area contributed by atoms with Crippen molar-refractivity contribution in [2.75, 3.05) is 14.1 Å². The predicted octanol–water partition coefficient (Wildman–Crippen LogP) is 1.81. The molecule has 0 atom stereocenters. The first-order chi connectivity index (χ1) is 13.9. The maximum absolute atomic E-state index is 12.4. The van der Waals surface area contributed by atoms with Gasteiger partial charge < -0.3 is 10.2 Å². The number of hydrogen-bond donors (Lipinski definition) is 1. The fraction of sp³-hybridized carbons (Fsp3) is 0.158. The molecule has 3 aromatic rings. The molecule has 10 heteroatoms. The lowest BCUT2D eigenvalue weighted by molar-refractivity contribution is -0.384. The summed E-state index contributed by atoms with van der Waals surface area (Å²) in [5.41, 5.74) is 1.45. The van der Waals surface area contributed by atoms with E-state index in [0.29, 0.717) is 5.56 Å². The molecular weight excluding hydrogens is 376 g/mol. The van der Waals surface area contributed by atoms with Gasteiger partial charge >= 0.3 is 0 Å². The Bertz CT molecular complexity index is 1050. The van der Waals surface area contributed by atoms with Gasteiger partial charge in [-0.15, -0.1) is 0 Å². The molecule has 0 aliphatic rings. The third kappa shape index (κ3) is 4.43. The highest BCUT2D eigenvalue weighted by Gasteiger charge is 2.19. The van der Waals surface area contributed by atoms with E-state index < -0.39 is 10.8 Å². The molecule has 0 saturated carbocycles. The first-order valence-corrected chi connectivity index (χ1v) is 8.59. The Kier molecular flexibility index (Phi) is 5.63. The summed E-state index contributed by atoms with van der Waals surface area (Å²) in [6, 6.07) is 11.0. The van der Waals surface area contributed by atoms with Gasteiger partial charge in [-0.3, -0.25) is 19.7 Å². The number of carbonyl (C=O) groups is 2. The summed E-state index contributed by atoms with van der Waals surface area (Å²) in [7, 11) is 3.34. The first-order valence-electron chi connectivity index (χ1n) is 8.59. The zero-order valence-electron chi connectivity index (χ0n) is 15.8. The summed E-state index contributed by atoms with van der Waals surface area (Å²) in [6.07, 6.45) is 2.61. The second kappa shape index (κ2) is 8.30. The number of hydrogen-bond acceptors (Lipinski definition) is 6. The summed E-state index contributed by atoms with van der Waals surface area (Å²) in [6.45, 7) is 0.216. The van der Waals surface area contributed by atoms with Crippen LogP contribution in [0.2, 0.25) is 0 Å². The van der Waals surface area contributed by atoms with Gasteiger partial charge in [0.1, 0.15) is 18.3 Å². The molecule has 0 spiro atoms. The van der Waals surface area contributed by atoms with E-state index >= 15 is 0 Å². The molecule has 1 aromatic heterocycles. The SMILES string of the molecule is CN(C)C(=O)c1ccc(CNC(=O)c2ccc(-n3cncn3)c([N+](=O)[O-])c2)cc1. The van der Waals surface area contributed by atoms with E-state index in [9.17, 15) is 19.7 Å². The van der Waals surface area contributed by atoms with Crippen LogP contribution in [-0.2, 0) is 6.54 Å². The minimum absolute atomic E-state index is 0.111. The number of nitrogens with one attached hydrogen (secondary N) is 1. The van der Waals surface area contributed by atoms with Crippen LogP contribution in [-0.4, -0.2) is 50.5 Å². The third-order valence-corrected chi connectivity index (χ3v) is 4.16. The molecular formula is C19H18N6O4. The van der Waals surface area contributed by atoms with Crippen LogP contribution in [0.5, 0.6) is 0 Å². The summed E-state index contributed by atoms with van der Waals surface area (Å²) >= 11 is 0. The predicted molar refractivity (Wildman–Crippen MR) is 104 cm³/mol. The Morgan fingerprint density at radius 3 is 2.41 bits per heavy atom. The Balaban J connectivity index is 1.72. The molecule has 29 heavy (non-hydrogen) atoms. The molecule has 0 unspecified atom stereocenters. The summed E-state index contributed by atoms with van der Waals surface area (Å²) in [4.78, 5) is 40.4. The van der Waals surface area contributed by atoms with Crippen LogP contribution in [0.4, 0.5) is 5.69 Å². The Morgan fingerprint density at radius 1 is 1.14 bits per heavy atom. The molecule has 1 N–H and O–H groups in total. The highest BCUT2D eigenvalue weighted by molar-refractivity contribution is 5.95. The van der Waals surface area contributed by atoms with Gasteiger partial charge in [0.25, 0.3) is 17.5 Å². The average molecular weight is 394 g/mol. The molecule has 2 aromatic carbocycles. The van der Waals surface area contributed by atoms with Gasteiger partial charge in [-0.2, -0.15) is 5.10 Å². The van der Waals surface area contributed by atoms with Crippen molar-refractivity contribution in [3.8, 4) is 5.69 Å². The number of nitro benzene ring substituents is 1. The molecule has 2 amide bonds. The van der Waals surface area contributed by atoms with Crippen LogP contribution in [0, 0.1) is 10.1 Å². The van der Waals surface area contributed by atoms with Crippen LogP contribution in [0.1, 0.15) is 26.3 Å². The number of aromatic nitrogens is 3.